The normalized spacial score (nSPS) is 27.3. The molecule has 1 aromatic heterocycles. The first kappa shape index (κ1) is 13.0. The lowest BCUT2D eigenvalue weighted by Gasteiger charge is -2.17. The van der Waals surface area contributed by atoms with Gasteiger partial charge in [-0.2, -0.15) is 5.10 Å². The molecule has 0 spiro atoms. The molecular weight excluding hydrogens is 264 g/mol. The van der Waals surface area contributed by atoms with Gasteiger partial charge in [-0.05, 0) is 30.7 Å². The molecule has 2 aromatic rings. The molecule has 0 N–H and O–H groups in total. The molecule has 3 atom stereocenters. The smallest absolute Gasteiger partial charge is 0.179 e. The van der Waals surface area contributed by atoms with E-state index in [1.165, 1.54) is 5.56 Å². The van der Waals surface area contributed by atoms with Crippen molar-refractivity contribution in [2.24, 2.45) is 5.92 Å². The lowest BCUT2D eigenvalue weighted by atomic mass is 9.78. The molecule has 2 aliphatic rings. The van der Waals surface area contributed by atoms with Crippen LogP contribution < -0.4 is 0 Å². The monoisotopic (exact) mass is 283 g/mol. The van der Waals surface area contributed by atoms with Gasteiger partial charge in [0, 0.05) is 5.92 Å². The van der Waals surface area contributed by atoms with Crippen molar-refractivity contribution < 1.29 is 4.39 Å². The summed E-state index contributed by atoms with van der Waals surface area (Å²) in [6.07, 6.45) is 2.90. The van der Waals surface area contributed by atoms with Gasteiger partial charge in [0.05, 0.1) is 6.04 Å². The highest BCUT2D eigenvalue weighted by Gasteiger charge is 2.47. The van der Waals surface area contributed by atoms with Crippen molar-refractivity contribution in [1.29, 1.82) is 0 Å². The number of hydrogen-bond donors (Lipinski definition) is 0. The van der Waals surface area contributed by atoms with Crippen LogP contribution in [0.25, 0.3) is 0 Å². The summed E-state index contributed by atoms with van der Waals surface area (Å²) in [7, 11) is 1.64. The first-order valence-electron chi connectivity index (χ1n) is 7.78. The Balaban J connectivity index is 1.74. The minimum absolute atomic E-state index is 0.103. The van der Waals surface area contributed by atoms with Crippen LogP contribution in [-0.4, -0.2) is 22.6 Å². The van der Waals surface area contributed by atoms with Crippen LogP contribution in [0, 0.1) is 5.92 Å². The minimum atomic E-state index is -1.38. The van der Waals surface area contributed by atoms with Gasteiger partial charge in [-0.1, -0.05) is 37.3 Å². The van der Waals surface area contributed by atoms with Gasteiger partial charge in [-0.3, -0.25) is 0 Å². The number of hydrogen-bond acceptors (Lipinski definition) is 2. The Hall–Kier alpha value is -1.65. The molecule has 5 heteroatoms. The molecule has 0 saturated heterocycles. The molecule has 1 aromatic carbocycles. The second kappa shape index (κ2) is 4.42. The average Bonchev–Trinajstić information content (AvgIpc) is 3.17. The maximum atomic E-state index is 14.9. The van der Waals surface area contributed by atoms with E-state index in [1.807, 2.05) is 22.9 Å². The third-order valence-electron chi connectivity index (χ3n) is 4.94. The third-order valence-corrected chi connectivity index (χ3v) is 4.94. The van der Waals surface area contributed by atoms with E-state index in [0.717, 1.165) is 25.1 Å². The molecule has 2 heterocycles. The predicted octanol–water partition coefficient (Wildman–Crippen LogP) is 2.54. The van der Waals surface area contributed by atoms with Gasteiger partial charge >= 0.3 is 0 Å². The van der Waals surface area contributed by atoms with E-state index in [-0.39, 0.29) is 12.0 Å². The van der Waals surface area contributed by atoms with Crippen LogP contribution in [0.4, 0.5) is 4.39 Å². The highest BCUT2D eigenvalue weighted by atomic mass is 19.1. The van der Waals surface area contributed by atoms with Crippen LogP contribution in [0.1, 0.15) is 55.4 Å². The zero-order chi connectivity index (χ0) is 14.6. The molecule has 3 nitrogen and oxygen atoms in total. The van der Waals surface area contributed by atoms with E-state index in [1.54, 1.807) is 7.85 Å². The van der Waals surface area contributed by atoms with Gasteiger partial charge in [-0.25, -0.2) is 14.1 Å². The standard InChI is InChI=1S/C16H19BFN3/c1-10-9-13(11-5-3-2-4-6-11)21-14(10)19-15(20-21)16(17,18)12-7-8-12/h2-6,10,12-13H,7-9,17H2,1H3. The second-order valence-corrected chi connectivity index (χ2v) is 6.65. The highest BCUT2D eigenvalue weighted by Crippen LogP contribution is 2.47. The molecule has 0 bridgehead atoms. The molecular formula is C16H19BFN3. The summed E-state index contributed by atoms with van der Waals surface area (Å²) in [4.78, 5) is 4.56. The molecule has 0 amide bonds. The first-order valence-corrected chi connectivity index (χ1v) is 7.78. The topological polar surface area (TPSA) is 30.7 Å². The van der Waals surface area contributed by atoms with Crippen molar-refractivity contribution in [3.8, 4) is 0 Å². The third kappa shape index (κ3) is 2.02. The number of rotatable bonds is 3. The van der Waals surface area contributed by atoms with Crippen LogP contribution in [0.2, 0.25) is 0 Å². The summed E-state index contributed by atoms with van der Waals surface area (Å²) in [5.74, 6) is 1.74. The molecule has 1 aliphatic carbocycles. The van der Waals surface area contributed by atoms with E-state index in [0.29, 0.717) is 11.7 Å². The van der Waals surface area contributed by atoms with Gasteiger partial charge in [0.15, 0.2) is 13.7 Å². The summed E-state index contributed by atoms with van der Waals surface area (Å²) >= 11 is 0. The number of nitrogens with zero attached hydrogens (tertiary/aromatic N) is 3. The quantitative estimate of drug-likeness (QED) is 0.810. The average molecular weight is 283 g/mol. The number of fused-ring (bicyclic) bond motifs is 1. The van der Waals surface area contributed by atoms with Crippen molar-refractivity contribution in [1.82, 2.24) is 14.8 Å². The molecule has 1 saturated carbocycles. The van der Waals surface area contributed by atoms with E-state index >= 15 is 0 Å². The lowest BCUT2D eigenvalue weighted by molar-refractivity contribution is 0.229. The highest BCUT2D eigenvalue weighted by molar-refractivity contribution is 6.14. The van der Waals surface area contributed by atoms with E-state index in [4.69, 9.17) is 0 Å². The summed E-state index contributed by atoms with van der Waals surface area (Å²) in [6, 6.07) is 10.5. The van der Waals surface area contributed by atoms with Gasteiger partial charge in [0.1, 0.15) is 11.4 Å². The Bertz CT molecular complexity index is 663. The molecule has 3 unspecified atom stereocenters. The van der Waals surface area contributed by atoms with E-state index in [9.17, 15) is 4.39 Å². The molecule has 21 heavy (non-hydrogen) atoms. The van der Waals surface area contributed by atoms with Crippen molar-refractivity contribution in [3.05, 3.63) is 47.5 Å². The molecule has 1 fully saturated rings. The van der Waals surface area contributed by atoms with Crippen LogP contribution in [0.15, 0.2) is 30.3 Å². The Labute approximate surface area is 125 Å². The second-order valence-electron chi connectivity index (χ2n) is 6.65. The Morgan fingerprint density at radius 2 is 2.00 bits per heavy atom. The van der Waals surface area contributed by atoms with E-state index < -0.39 is 5.57 Å². The van der Waals surface area contributed by atoms with Crippen LogP contribution >= 0.6 is 0 Å². The Kier molecular flexibility index (Phi) is 2.75. The van der Waals surface area contributed by atoms with Crippen molar-refractivity contribution in [3.63, 3.8) is 0 Å². The van der Waals surface area contributed by atoms with Crippen molar-refractivity contribution in [2.45, 2.75) is 43.7 Å². The van der Waals surface area contributed by atoms with Crippen molar-refractivity contribution in [2.75, 3.05) is 0 Å². The van der Waals surface area contributed by atoms with Crippen LogP contribution in [0.3, 0.4) is 0 Å². The lowest BCUT2D eigenvalue weighted by Crippen LogP contribution is -2.25. The summed E-state index contributed by atoms with van der Waals surface area (Å²) < 4.78 is 16.8. The fourth-order valence-corrected chi connectivity index (χ4v) is 3.41. The van der Waals surface area contributed by atoms with Gasteiger partial charge in [-0.15, -0.1) is 0 Å². The summed E-state index contributed by atoms with van der Waals surface area (Å²) in [5.41, 5.74) is -0.148. The number of halogens is 1. The minimum Gasteiger partial charge on any atom is -0.245 e. The fraction of sp³-hybridized carbons (Fsp3) is 0.500. The van der Waals surface area contributed by atoms with Gasteiger partial charge < -0.3 is 0 Å². The molecule has 0 radical (unpaired) electrons. The van der Waals surface area contributed by atoms with E-state index in [2.05, 4.69) is 29.1 Å². The molecule has 1 aliphatic heterocycles. The number of benzene rings is 1. The van der Waals surface area contributed by atoms with Gasteiger partial charge in [0.25, 0.3) is 0 Å². The summed E-state index contributed by atoms with van der Waals surface area (Å²) in [6.45, 7) is 2.15. The van der Waals surface area contributed by atoms with Crippen molar-refractivity contribution >= 4 is 7.85 Å². The number of alkyl halides is 1. The summed E-state index contributed by atoms with van der Waals surface area (Å²) in [5, 5.41) is 4.56. The van der Waals surface area contributed by atoms with Crippen LogP contribution in [-0.2, 0) is 5.57 Å². The Morgan fingerprint density at radius 3 is 2.67 bits per heavy atom. The van der Waals surface area contributed by atoms with Gasteiger partial charge in [0.2, 0.25) is 0 Å². The maximum absolute atomic E-state index is 14.9. The maximum Gasteiger partial charge on any atom is 0.179 e. The largest absolute Gasteiger partial charge is 0.245 e. The Morgan fingerprint density at radius 1 is 1.29 bits per heavy atom. The fourth-order valence-electron chi connectivity index (χ4n) is 3.41. The zero-order valence-corrected chi connectivity index (χ0v) is 12.5. The molecule has 4 rings (SSSR count). The predicted molar refractivity (Wildman–Crippen MR) is 81.7 cm³/mol. The first-order chi connectivity index (χ1) is 10.1. The SMILES string of the molecule is BC(F)(c1nc2n(n1)C(c1ccccc1)CC2C)C1CC1. The van der Waals surface area contributed by atoms with Crippen LogP contribution in [0.5, 0.6) is 0 Å². The molecule has 108 valence electrons. The number of aromatic nitrogens is 3. The zero-order valence-electron chi connectivity index (χ0n) is 12.5.